The number of esters is 2. The van der Waals surface area contributed by atoms with Crippen LogP contribution in [-0.4, -0.2) is 53.6 Å². The van der Waals surface area contributed by atoms with E-state index < -0.39 is 40.7 Å². The van der Waals surface area contributed by atoms with Crippen LogP contribution in [0.4, 0.5) is 4.79 Å². The first kappa shape index (κ1) is 20.6. The molecule has 0 unspecified atom stereocenters. The van der Waals surface area contributed by atoms with Gasteiger partial charge in [-0.3, -0.25) is 9.59 Å². The van der Waals surface area contributed by atoms with Crippen molar-refractivity contribution in [3.63, 3.8) is 0 Å². The maximum absolute atomic E-state index is 11.8. The maximum Gasteiger partial charge on any atom is 0.370 e. The first-order valence-electron chi connectivity index (χ1n) is 6.12. The van der Waals surface area contributed by atoms with E-state index in [-0.39, 0.29) is 5.75 Å². The van der Waals surface area contributed by atoms with Crippen molar-refractivity contribution in [2.24, 2.45) is 0 Å². The fourth-order valence-corrected chi connectivity index (χ4v) is 1.72. The molecule has 1 N–H and O–H groups in total. The van der Waals surface area contributed by atoms with Crippen molar-refractivity contribution >= 4 is 47.5 Å². The van der Waals surface area contributed by atoms with E-state index in [1.165, 1.54) is 6.92 Å². The number of nitrogens with one attached hydrogen (secondary N) is 1. The second-order valence-corrected chi connectivity index (χ2v) is 6.64. The van der Waals surface area contributed by atoms with Crippen LogP contribution in [0.5, 0.6) is 0 Å². The van der Waals surface area contributed by atoms with Gasteiger partial charge in [0, 0.05) is 12.7 Å². The molecule has 0 rings (SSSR count). The zero-order valence-electron chi connectivity index (χ0n) is 12.7. The van der Waals surface area contributed by atoms with Crippen LogP contribution in [0.2, 0.25) is 0 Å². The van der Waals surface area contributed by atoms with Crippen molar-refractivity contribution in [2.75, 3.05) is 19.7 Å². The van der Waals surface area contributed by atoms with Crippen LogP contribution >= 0.6 is 24.4 Å². The molecule has 1 amide bonds. The predicted molar refractivity (Wildman–Crippen MR) is 82.6 cm³/mol. The van der Waals surface area contributed by atoms with E-state index in [4.69, 9.17) is 0 Å². The number of thioether (sulfide) groups is 1. The molecule has 0 aromatic carbocycles. The molecule has 1 atom stereocenters. The molecule has 0 bridgehead atoms. The van der Waals surface area contributed by atoms with E-state index >= 15 is 0 Å². The number of thiol groups is 1. The van der Waals surface area contributed by atoms with Gasteiger partial charge in [0.1, 0.15) is 6.04 Å². The van der Waals surface area contributed by atoms with Gasteiger partial charge in [0.25, 0.3) is 0 Å². The van der Waals surface area contributed by atoms with Gasteiger partial charge in [0.15, 0.2) is 0 Å². The van der Waals surface area contributed by atoms with Crippen LogP contribution in [0.15, 0.2) is 0 Å². The van der Waals surface area contributed by atoms with Gasteiger partial charge in [-0.1, -0.05) is 0 Å². The number of hydrogen-bond donors (Lipinski definition) is 2. The van der Waals surface area contributed by atoms with Gasteiger partial charge in [0.05, 0.1) is 11.9 Å². The molecule has 0 fully saturated rings. The fourth-order valence-electron chi connectivity index (χ4n) is 0.999. The second-order valence-electron chi connectivity index (χ2n) is 4.57. The minimum absolute atomic E-state index is 0.0961. The Balaban J connectivity index is 4.43. The Morgan fingerprint density at radius 1 is 1.23 bits per heavy atom. The molecule has 0 aromatic rings. The van der Waals surface area contributed by atoms with Gasteiger partial charge in [-0.15, -0.1) is 0 Å². The Morgan fingerprint density at radius 3 is 2.27 bits per heavy atom. The summed E-state index contributed by atoms with van der Waals surface area (Å²) in [6.45, 7) is 3.77. The van der Waals surface area contributed by atoms with E-state index in [9.17, 15) is 19.2 Å². The summed E-state index contributed by atoms with van der Waals surface area (Å²) < 4.78 is 12.6. The molecule has 0 aliphatic heterocycles. The first-order chi connectivity index (χ1) is 10.1. The molecule has 0 saturated heterocycles. The van der Waals surface area contributed by atoms with Gasteiger partial charge in [-0.2, -0.15) is 12.6 Å². The maximum atomic E-state index is 11.8. The van der Waals surface area contributed by atoms with Crippen LogP contribution in [0.1, 0.15) is 20.8 Å². The Morgan fingerprint density at radius 2 is 1.82 bits per heavy atom. The molecule has 0 aliphatic rings. The summed E-state index contributed by atoms with van der Waals surface area (Å²) in [6.07, 6.45) is 0. The van der Waals surface area contributed by atoms with E-state index in [0.29, 0.717) is 11.8 Å². The number of carbonyl (C=O) groups is 4. The van der Waals surface area contributed by atoms with Gasteiger partial charge >= 0.3 is 17.2 Å². The van der Waals surface area contributed by atoms with Gasteiger partial charge < -0.3 is 19.5 Å². The average molecular weight is 353 g/mol. The number of amides is 1. The smallest absolute Gasteiger partial charge is 0.370 e. The Kier molecular flexibility index (Phi) is 8.95. The van der Waals surface area contributed by atoms with E-state index in [2.05, 4.69) is 32.2 Å². The SMILES string of the molecule is COC(=O)[C@H](CSC(=O)OCOC(C)=O)NC(=O)C(C)(C)S. The zero-order valence-corrected chi connectivity index (χ0v) is 14.4. The zero-order chi connectivity index (χ0) is 17.3. The summed E-state index contributed by atoms with van der Waals surface area (Å²) in [4.78, 5) is 45.3. The molecular weight excluding hydrogens is 334 g/mol. The molecule has 8 nitrogen and oxygen atoms in total. The third-order valence-electron chi connectivity index (χ3n) is 2.15. The van der Waals surface area contributed by atoms with Crippen LogP contribution < -0.4 is 5.32 Å². The molecule has 0 saturated carbocycles. The largest absolute Gasteiger partial charge is 0.467 e. The highest BCUT2D eigenvalue weighted by atomic mass is 32.2. The third-order valence-corrected chi connectivity index (χ3v) is 3.21. The van der Waals surface area contributed by atoms with Crippen LogP contribution in [0, 0.1) is 0 Å². The summed E-state index contributed by atoms with van der Waals surface area (Å²) in [5.41, 5.74) is 0. The Labute approximate surface area is 138 Å². The molecule has 126 valence electrons. The standard InChI is InChI=1S/C12H19NO7S2/c1-7(14)19-6-20-11(17)22-5-8(9(15)18-4)13-10(16)12(2,3)21/h8,21H,5-6H2,1-4H3,(H,13,16)/t8-/m0/s1. The first-order valence-corrected chi connectivity index (χ1v) is 7.55. The number of ether oxygens (including phenoxy) is 3. The average Bonchev–Trinajstić information content (AvgIpc) is 2.40. The molecule has 0 radical (unpaired) electrons. The predicted octanol–water partition coefficient (Wildman–Crippen LogP) is 0.743. The molecule has 0 aromatic heterocycles. The molecule has 0 aliphatic carbocycles. The van der Waals surface area contributed by atoms with Gasteiger partial charge in [-0.25, -0.2) is 9.59 Å². The number of rotatable bonds is 7. The quantitative estimate of drug-likeness (QED) is 0.392. The highest BCUT2D eigenvalue weighted by Gasteiger charge is 2.29. The highest BCUT2D eigenvalue weighted by molar-refractivity contribution is 8.13. The normalized spacial score (nSPS) is 12.0. The van der Waals surface area contributed by atoms with E-state index in [1.807, 2.05) is 0 Å². The number of hydrogen-bond acceptors (Lipinski definition) is 9. The van der Waals surface area contributed by atoms with Crippen molar-refractivity contribution in [1.29, 1.82) is 0 Å². The minimum Gasteiger partial charge on any atom is -0.467 e. The summed E-state index contributed by atoms with van der Waals surface area (Å²) in [7, 11) is 1.16. The lowest BCUT2D eigenvalue weighted by Crippen LogP contribution is -2.49. The molecule has 0 heterocycles. The van der Waals surface area contributed by atoms with Crippen molar-refractivity contribution in [2.45, 2.75) is 31.6 Å². The Hall–Kier alpha value is -1.42. The summed E-state index contributed by atoms with van der Waals surface area (Å²) in [5, 5.41) is 1.68. The molecule has 22 heavy (non-hydrogen) atoms. The molecule has 10 heteroatoms. The van der Waals surface area contributed by atoms with E-state index in [1.54, 1.807) is 13.8 Å². The third kappa shape index (κ3) is 8.78. The van der Waals surface area contributed by atoms with Crippen LogP contribution in [-0.2, 0) is 28.6 Å². The van der Waals surface area contributed by atoms with Crippen molar-refractivity contribution in [3.8, 4) is 0 Å². The Bertz CT molecular complexity index is 434. The van der Waals surface area contributed by atoms with Crippen molar-refractivity contribution in [1.82, 2.24) is 5.32 Å². The van der Waals surface area contributed by atoms with Crippen LogP contribution in [0.3, 0.4) is 0 Å². The fraction of sp³-hybridized carbons (Fsp3) is 0.667. The van der Waals surface area contributed by atoms with Gasteiger partial charge in [-0.05, 0) is 25.6 Å². The molecular formula is C12H19NO7S2. The van der Waals surface area contributed by atoms with Crippen LogP contribution in [0.25, 0.3) is 0 Å². The summed E-state index contributed by atoms with van der Waals surface area (Å²) in [6, 6.07) is -1.03. The summed E-state index contributed by atoms with van der Waals surface area (Å²) >= 11 is 4.72. The van der Waals surface area contributed by atoms with E-state index in [0.717, 1.165) is 7.11 Å². The lowest BCUT2D eigenvalue weighted by atomic mass is 10.2. The lowest BCUT2D eigenvalue weighted by Gasteiger charge is -2.21. The molecule has 0 spiro atoms. The minimum atomic E-state index is -1.03. The monoisotopic (exact) mass is 353 g/mol. The number of methoxy groups -OCH3 is 1. The lowest BCUT2D eigenvalue weighted by molar-refractivity contribution is -0.148. The van der Waals surface area contributed by atoms with Gasteiger partial charge in [0.2, 0.25) is 12.7 Å². The van der Waals surface area contributed by atoms with Crippen molar-refractivity contribution in [3.05, 3.63) is 0 Å². The highest BCUT2D eigenvalue weighted by Crippen LogP contribution is 2.14. The topological polar surface area (TPSA) is 108 Å². The summed E-state index contributed by atoms with van der Waals surface area (Å²) in [5.74, 6) is -1.87. The van der Waals surface area contributed by atoms with Crippen molar-refractivity contribution < 1.29 is 33.4 Å². The second kappa shape index (κ2) is 9.57. The number of carbonyl (C=O) groups excluding carboxylic acids is 4.